The molecule has 0 aliphatic carbocycles. The van der Waals surface area contributed by atoms with Crippen LogP contribution in [0.15, 0.2) is 58.5 Å². The quantitative estimate of drug-likeness (QED) is 0.397. The number of hydrogen-bond acceptors (Lipinski definition) is 4. The van der Waals surface area contributed by atoms with Crippen molar-refractivity contribution in [1.29, 1.82) is 0 Å². The molecule has 6 rings (SSSR count). The van der Waals surface area contributed by atoms with Crippen molar-refractivity contribution < 1.29 is 4.79 Å². The molecule has 0 unspecified atom stereocenters. The molecule has 2 aromatic heterocycles. The molecule has 1 saturated heterocycles. The van der Waals surface area contributed by atoms with E-state index in [1.165, 1.54) is 28.2 Å². The molecule has 1 fully saturated rings. The van der Waals surface area contributed by atoms with Crippen LogP contribution in [0.3, 0.4) is 0 Å². The number of aromatic amines is 2. The Bertz CT molecular complexity index is 1350. The summed E-state index contributed by atoms with van der Waals surface area (Å²) in [5.41, 5.74) is 4.48. The minimum atomic E-state index is 0.00687. The van der Waals surface area contributed by atoms with Gasteiger partial charge in [0.05, 0.1) is 16.1 Å². The highest BCUT2D eigenvalue weighted by Crippen LogP contribution is 2.39. The van der Waals surface area contributed by atoms with Crippen molar-refractivity contribution in [3.8, 4) is 0 Å². The van der Waals surface area contributed by atoms with Crippen molar-refractivity contribution in [2.75, 3.05) is 26.2 Å². The summed E-state index contributed by atoms with van der Waals surface area (Å²) in [6, 6.07) is 14.6. The van der Waals surface area contributed by atoms with Gasteiger partial charge in [-0.1, -0.05) is 36.0 Å². The Hall–Kier alpha value is -3.03. The number of para-hydroxylation sites is 1. The van der Waals surface area contributed by atoms with Gasteiger partial charge in [-0.15, -0.1) is 0 Å². The van der Waals surface area contributed by atoms with Crippen LogP contribution in [0.1, 0.15) is 24.1 Å². The normalized spacial score (nSPS) is 16.9. The summed E-state index contributed by atoms with van der Waals surface area (Å²) < 4.78 is 0. The van der Waals surface area contributed by atoms with Gasteiger partial charge in [-0.25, -0.2) is 0 Å². The molecule has 0 spiro atoms. The summed E-state index contributed by atoms with van der Waals surface area (Å²) in [6.07, 6.45) is 7.38. The van der Waals surface area contributed by atoms with E-state index >= 15 is 0 Å². The first-order valence-corrected chi connectivity index (χ1v) is 12.5. The molecule has 0 radical (unpaired) electrons. The Balaban J connectivity index is 0.989. The first-order chi connectivity index (χ1) is 16.2. The standard InChI is InChI=1S/C26H27N5OS/c32-26(24-14-22-25-21(29-30-22)6-3-7-23(25)33-24)28-15-17-8-11-31(12-9-17)13-10-18-16-27-20-5-2-1-4-19(18)20/h1-7,14,16-17,27H,8-13,15H2,(H,28,32)(H,29,30). The SMILES string of the molecule is O=C(NCC1CCN(CCc2c[nH]c3ccccc23)CC1)C1=Cc2n[nH]c3cccc(c23)S1. The number of carbonyl (C=O) groups is 1. The monoisotopic (exact) mass is 457 g/mol. The molecule has 0 saturated carbocycles. The molecule has 168 valence electrons. The van der Waals surface area contributed by atoms with Crippen molar-refractivity contribution >= 4 is 45.6 Å². The van der Waals surface area contributed by atoms with Crippen molar-refractivity contribution in [3.63, 3.8) is 0 Å². The summed E-state index contributed by atoms with van der Waals surface area (Å²) in [6.45, 7) is 4.02. The number of aromatic nitrogens is 3. The van der Waals surface area contributed by atoms with Crippen molar-refractivity contribution in [2.45, 2.75) is 24.2 Å². The van der Waals surface area contributed by atoms with E-state index in [1.807, 2.05) is 18.2 Å². The fraction of sp³-hybridized carbons (Fsp3) is 0.308. The molecule has 6 nitrogen and oxygen atoms in total. The molecule has 0 atom stereocenters. The van der Waals surface area contributed by atoms with Crippen LogP contribution >= 0.6 is 11.8 Å². The number of H-pyrrole nitrogens is 2. The average Bonchev–Trinajstić information content (AvgIpc) is 3.47. The topological polar surface area (TPSA) is 76.8 Å². The highest BCUT2D eigenvalue weighted by molar-refractivity contribution is 8.04. The van der Waals surface area contributed by atoms with Crippen LogP contribution in [0, 0.1) is 5.92 Å². The van der Waals surface area contributed by atoms with Gasteiger partial charge >= 0.3 is 0 Å². The minimum absolute atomic E-state index is 0.00687. The number of thioether (sulfide) groups is 1. The molecule has 2 aliphatic heterocycles. The Labute approximate surface area is 196 Å². The second-order valence-corrected chi connectivity index (χ2v) is 10.1. The molecule has 4 heterocycles. The third-order valence-electron chi connectivity index (χ3n) is 6.92. The maximum absolute atomic E-state index is 12.8. The maximum atomic E-state index is 12.8. The van der Waals surface area contributed by atoms with E-state index < -0.39 is 0 Å². The van der Waals surface area contributed by atoms with Crippen LogP contribution in [-0.4, -0.2) is 52.2 Å². The van der Waals surface area contributed by atoms with Gasteiger partial charge in [-0.3, -0.25) is 9.89 Å². The first-order valence-electron chi connectivity index (χ1n) is 11.7. The molecule has 2 aromatic carbocycles. The third kappa shape index (κ3) is 4.07. The second-order valence-electron chi connectivity index (χ2n) is 9.00. The van der Waals surface area contributed by atoms with Crippen LogP contribution in [0.4, 0.5) is 0 Å². The van der Waals surface area contributed by atoms with Crippen molar-refractivity contribution in [3.05, 3.63) is 64.8 Å². The lowest BCUT2D eigenvalue weighted by atomic mass is 9.96. The Morgan fingerprint density at radius 2 is 1.97 bits per heavy atom. The maximum Gasteiger partial charge on any atom is 0.258 e. The van der Waals surface area contributed by atoms with Gasteiger partial charge in [0, 0.05) is 40.5 Å². The fourth-order valence-electron chi connectivity index (χ4n) is 4.99. The molecule has 2 aliphatic rings. The molecule has 1 amide bonds. The van der Waals surface area contributed by atoms with E-state index in [9.17, 15) is 4.79 Å². The zero-order valence-corrected chi connectivity index (χ0v) is 19.3. The summed E-state index contributed by atoms with van der Waals surface area (Å²) in [5.74, 6) is 0.546. The molecule has 0 bridgehead atoms. The number of likely N-dealkylation sites (tertiary alicyclic amines) is 1. The number of nitrogens with one attached hydrogen (secondary N) is 3. The smallest absolute Gasteiger partial charge is 0.258 e. The molecular formula is C26H27N5OS. The zero-order valence-electron chi connectivity index (χ0n) is 18.4. The van der Waals surface area contributed by atoms with Gasteiger partial charge in [-0.05, 0) is 68.1 Å². The van der Waals surface area contributed by atoms with Gasteiger partial charge < -0.3 is 15.2 Å². The largest absolute Gasteiger partial charge is 0.361 e. The Morgan fingerprint density at radius 3 is 2.88 bits per heavy atom. The lowest BCUT2D eigenvalue weighted by Gasteiger charge is -2.32. The summed E-state index contributed by atoms with van der Waals surface area (Å²) >= 11 is 1.53. The molecule has 7 heteroatoms. The molecule has 3 N–H and O–H groups in total. The summed E-state index contributed by atoms with van der Waals surface area (Å²) in [4.78, 5) is 20.6. The number of hydrogen-bond donors (Lipinski definition) is 3. The summed E-state index contributed by atoms with van der Waals surface area (Å²) in [7, 11) is 0. The van der Waals surface area contributed by atoms with Gasteiger partial charge in [0.15, 0.2) is 0 Å². The number of fused-ring (bicyclic) bond motifs is 1. The number of amides is 1. The zero-order chi connectivity index (χ0) is 22.2. The van der Waals surface area contributed by atoms with E-state index in [2.05, 4.69) is 61.9 Å². The number of piperidine rings is 1. The Morgan fingerprint density at radius 1 is 1.12 bits per heavy atom. The van der Waals surface area contributed by atoms with Gasteiger partial charge in [0.1, 0.15) is 0 Å². The lowest BCUT2D eigenvalue weighted by Crippen LogP contribution is -2.39. The van der Waals surface area contributed by atoms with Crippen LogP contribution in [-0.2, 0) is 11.2 Å². The third-order valence-corrected chi connectivity index (χ3v) is 8.00. The van der Waals surface area contributed by atoms with E-state index in [-0.39, 0.29) is 5.91 Å². The van der Waals surface area contributed by atoms with Crippen LogP contribution in [0.25, 0.3) is 27.9 Å². The van der Waals surface area contributed by atoms with Crippen molar-refractivity contribution in [2.24, 2.45) is 5.92 Å². The Kier molecular flexibility index (Phi) is 5.44. The van der Waals surface area contributed by atoms with Crippen LogP contribution in [0.5, 0.6) is 0 Å². The van der Waals surface area contributed by atoms with E-state index in [0.29, 0.717) is 5.92 Å². The highest BCUT2D eigenvalue weighted by Gasteiger charge is 2.23. The predicted molar refractivity (Wildman–Crippen MR) is 134 cm³/mol. The second kappa shape index (κ2) is 8.72. The average molecular weight is 458 g/mol. The van der Waals surface area contributed by atoms with E-state index in [0.717, 1.165) is 71.8 Å². The number of rotatable bonds is 6. The van der Waals surface area contributed by atoms with Crippen LogP contribution in [0.2, 0.25) is 0 Å². The van der Waals surface area contributed by atoms with E-state index in [4.69, 9.17) is 0 Å². The first kappa shape index (κ1) is 20.6. The molecular weight excluding hydrogens is 430 g/mol. The lowest BCUT2D eigenvalue weighted by molar-refractivity contribution is -0.117. The highest BCUT2D eigenvalue weighted by atomic mass is 32.2. The summed E-state index contributed by atoms with van der Waals surface area (Å²) in [5, 5.41) is 13.0. The minimum Gasteiger partial charge on any atom is -0.361 e. The van der Waals surface area contributed by atoms with Gasteiger partial charge in [0.25, 0.3) is 5.91 Å². The molecule has 4 aromatic rings. The fourth-order valence-corrected chi connectivity index (χ4v) is 6.03. The number of nitrogens with zero attached hydrogens (tertiary/aromatic N) is 2. The predicted octanol–water partition coefficient (Wildman–Crippen LogP) is 4.56. The van der Waals surface area contributed by atoms with Gasteiger partial charge in [0.2, 0.25) is 0 Å². The van der Waals surface area contributed by atoms with E-state index in [1.54, 1.807) is 0 Å². The van der Waals surface area contributed by atoms with Crippen LogP contribution < -0.4 is 5.32 Å². The van der Waals surface area contributed by atoms with Gasteiger partial charge in [-0.2, -0.15) is 5.10 Å². The van der Waals surface area contributed by atoms with Crippen molar-refractivity contribution in [1.82, 2.24) is 25.4 Å². The number of benzene rings is 2. The molecule has 33 heavy (non-hydrogen) atoms. The number of carbonyl (C=O) groups excluding carboxylic acids is 1.